The molecule has 5 heteroatoms. The van der Waals surface area contributed by atoms with Gasteiger partial charge >= 0.3 is 0 Å². The second-order valence-electron chi connectivity index (χ2n) is 4.41. The molecule has 0 bridgehead atoms. The number of ether oxygens (including phenoxy) is 1. The zero-order valence-electron chi connectivity index (χ0n) is 9.88. The summed E-state index contributed by atoms with van der Waals surface area (Å²) in [4.78, 5) is 8.41. The van der Waals surface area contributed by atoms with E-state index in [0.717, 1.165) is 5.69 Å². The molecule has 17 heavy (non-hydrogen) atoms. The number of hydrogen-bond acceptors (Lipinski definition) is 5. The van der Waals surface area contributed by atoms with Crippen molar-refractivity contribution in [3.63, 3.8) is 0 Å². The van der Waals surface area contributed by atoms with E-state index in [0.29, 0.717) is 17.6 Å². The highest BCUT2D eigenvalue weighted by molar-refractivity contribution is 7.13. The molecule has 2 rings (SSSR count). The number of aromatic nitrogens is 2. The maximum atomic E-state index is 5.65. The van der Waals surface area contributed by atoms with E-state index in [4.69, 9.17) is 10.5 Å². The molecule has 2 N–H and O–H groups in total. The largest absolute Gasteiger partial charge is 0.477 e. The molecule has 0 aliphatic rings. The molecule has 0 aliphatic carbocycles. The van der Waals surface area contributed by atoms with E-state index in [1.807, 2.05) is 23.6 Å². The van der Waals surface area contributed by atoms with Gasteiger partial charge in [0.2, 0.25) is 5.88 Å². The van der Waals surface area contributed by atoms with Gasteiger partial charge in [0.25, 0.3) is 0 Å². The number of pyridine rings is 1. The Morgan fingerprint density at radius 1 is 1.41 bits per heavy atom. The number of nitrogens with zero attached hydrogens (tertiary/aromatic N) is 2. The Bertz CT molecular complexity index is 482. The maximum absolute atomic E-state index is 5.65. The van der Waals surface area contributed by atoms with Crippen LogP contribution in [-0.4, -0.2) is 16.6 Å². The van der Waals surface area contributed by atoms with Gasteiger partial charge in [-0.1, -0.05) is 19.9 Å². The summed E-state index contributed by atoms with van der Waals surface area (Å²) < 4.78 is 5.65. The minimum atomic E-state index is -0.175. The van der Waals surface area contributed by atoms with Crippen LogP contribution < -0.4 is 10.5 Å². The summed E-state index contributed by atoms with van der Waals surface area (Å²) in [5.41, 5.74) is 6.42. The van der Waals surface area contributed by atoms with Crippen LogP contribution in [-0.2, 0) is 5.41 Å². The molecule has 2 aromatic heterocycles. The van der Waals surface area contributed by atoms with Crippen LogP contribution in [0, 0.1) is 0 Å². The standard InChI is InChI=1S/C12H15N3OS/c1-12(2,9-7-17-11(13)15-9)8-16-10-5-3-4-6-14-10/h3-7H,8H2,1-2H3,(H2,13,15). The first-order valence-electron chi connectivity index (χ1n) is 5.33. The lowest BCUT2D eigenvalue weighted by atomic mass is 9.91. The van der Waals surface area contributed by atoms with E-state index in [-0.39, 0.29) is 5.41 Å². The van der Waals surface area contributed by atoms with Crippen LogP contribution in [0.4, 0.5) is 5.13 Å². The van der Waals surface area contributed by atoms with E-state index in [2.05, 4.69) is 23.8 Å². The monoisotopic (exact) mass is 249 g/mol. The Hall–Kier alpha value is -1.62. The lowest BCUT2D eigenvalue weighted by Gasteiger charge is -2.22. The Kier molecular flexibility index (Phi) is 3.28. The quantitative estimate of drug-likeness (QED) is 0.904. The molecule has 2 aromatic rings. The number of nitrogens with two attached hydrogens (primary N) is 1. The van der Waals surface area contributed by atoms with E-state index in [9.17, 15) is 0 Å². The minimum absolute atomic E-state index is 0.175. The predicted molar refractivity (Wildman–Crippen MR) is 69.3 cm³/mol. The van der Waals surface area contributed by atoms with Crippen molar-refractivity contribution >= 4 is 16.5 Å². The van der Waals surface area contributed by atoms with Crippen LogP contribution >= 0.6 is 11.3 Å². The predicted octanol–water partition coefficient (Wildman–Crippen LogP) is 2.48. The number of hydrogen-bond donors (Lipinski definition) is 1. The SMILES string of the molecule is CC(C)(COc1ccccn1)c1csc(N)n1. The van der Waals surface area contributed by atoms with Gasteiger partial charge in [-0.25, -0.2) is 9.97 Å². The van der Waals surface area contributed by atoms with E-state index >= 15 is 0 Å². The molecule has 0 fully saturated rings. The number of rotatable bonds is 4. The molecule has 0 unspecified atom stereocenters. The second-order valence-corrected chi connectivity index (χ2v) is 5.30. The minimum Gasteiger partial charge on any atom is -0.477 e. The Morgan fingerprint density at radius 3 is 2.82 bits per heavy atom. The molecule has 0 saturated carbocycles. The Balaban J connectivity index is 2.03. The molecule has 90 valence electrons. The molecule has 0 saturated heterocycles. The maximum Gasteiger partial charge on any atom is 0.213 e. The molecule has 0 aliphatic heterocycles. The van der Waals surface area contributed by atoms with Crippen LogP contribution in [0.5, 0.6) is 5.88 Å². The molecular weight excluding hydrogens is 234 g/mol. The van der Waals surface area contributed by atoms with Crippen molar-refractivity contribution in [3.05, 3.63) is 35.5 Å². The fraction of sp³-hybridized carbons (Fsp3) is 0.333. The first-order valence-corrected chi connectivity index (χ1v) is 6.21. The number of anilines is 1. The van der Waals surface area contributed by atoms with Crippen molar-refractivity contribution in [2.45, 2.75) is 19.3 Å². The molecule has 4 nitrogen and oxygen atoms in total. The topological polar surface area (TPSA) is 61.0 Å². The van der Waals surface area contributed by atoms with Gasteiger partial charge in [0.15, 0.2) is 5.13 Å². The van der Waals surface area contributed by atoms with Gasteiger partial charge in [0.05, 0.1) is 5.69 Å². The molecule has 0 aromatic carbocycles. The second kappa shape index (κ2) is 4.71. The van der Waals surface area contributed by atoms with Gasteiger partial charge < -0.3 is 10.5 Å². The smallest absolute Gasteiger partial charge is 0.213 e. The average Bonchev–Trinajstić information content (AvgIpc) is 2.76. The molecule has 0 spiro atoms. The zero-order chi connectivity index (χ0) is 12.3. The first kappa shape index (κ1) is 11.9. The summed E-state index contributed by atoms with van der Waals surface area (Å²) in [5, 5.41) is 2.56. The van der Waals surface area contributed by atoms with Crippen LogP contribution in [0.25, 0.3) is 0 Å². The lowest BCUT2D eigenvalue weighted by molar-refractivity contribution is 0.230. The molecule has 2 heterocycles. The fourth-order valence-corrected chi connectivity index (χ4v) is 2.11. The summed E-state index contributed by atoms with van der Waals surface area (Å²) in [5.74, 6) is 0.628. The van der Waals surface area contributed by atoms with Crippen molar-refractivity contribution in [1.29, 1.82) is 0 Å². The summed E-state index contributed by atoms with van der Waals surface area (Å²) in [6.07, 6.45) is 1.71. The van der Waals surface area contributed by atoms with Crippen LogP contribution in [0.1, 0.15) is 19.5 Å². The van der Waals surface area contributed by atoms with Gasteiger partial charge in [0, 0.05) is 23.1 Å². The van der Waals surface area contributed by atoms with Crippen LogP contribution in [0.3, 0.4) is 0 Å². The van der Waals surface area contributed by atoms with E-state index in [1.54, 1.807) is 6.20 Å². The van der Waals surface area contributed by atoms with Gasteiger partial charge in [-0.15, -0.1) is 11.3 Å². The lowest BCUT2D eigenvalue weighted by Crippen LogP contribution is -2.26. The van der Waals surface area contributed by atoms with Gasteiger partial charge in [-0.2, -0.15) is 0 Å². The Morgan fingerprint density at radius 2 is 2.24 bits per heavy atom. The zero-order valence-corrected chi connectivity index (χ0v) is 10.7. The van der Waals surface area contributed by atoms with Crippen molar-refractivity contribution in [3.8, 4) is 5.88 Å². The molecular formula is C12H15N3OS. The van der Waals surface area contributed by atoms with Gasteiger partial charge in [0.1, 0.15) is 6.61 Å². The fourth-order valence-electron chi connectivity index (χ4n) is 1.36. The highest BCUT2D eigenvalue weighted by Crippen LogP contribution is 2.26. The summed E-state index contributed by atoms with van der Waals surface area (Å²) in [7, 11) is 0. The van der Waals surface area contributed by atoms with Gasteiger partial charge in [-0.05, 0) is 6.07 Å². The van der Waals surface area contributed by atoms with Crippen LogP contribution in [0.15, 0.2) is 29.8 Å². The third-order valence-corrected chi connectivity index (χ3v) is 3.11. The van der Waals surface area contributed by atoms with Crippen LogP contribution in [0.2, 0.25) is 0 Å². The normalized spacial score (nSPS) is 11.4. The Labute approximate surface area is 104 Å². The molecule has 0 amide bonds. The third-order valence-electron chi connectivity index (χ3n) is 2.43. The summed E-state index contributed by atoms with van der Waals surface area (Å²) in [6, 6.07) is 5.60. The average molecular weight is 249 g/mol. The molecule has 0 radical (unpaired) electrons. The van der Waals surface area contributed by atoms with Crippen molar-refractivity contribution < 1.29 is 4.74 Å². The van der Waals surface area contributed by atoms with Gasteiger partial charge in [-0.3, -0.25) is 0 Å². The number of nitrogen functional groups attached to an aromatic ring is 1. The summed E-state index contributed by atoms with van der Waals surface area (Å²) in [6.45, 7) is 4.67. The van der Waals surface area contributed by atoms with Crippen molar-refractivity contribution in [2.24, 2.45) is 0 Å². The molecule has 0 atom stereocenters. The third kappa shape index (κ3) is 2.94. The van der Waals surface area contributed by atoms with Crippen molar-refractivity contribution in [2.75, 3.05) is 12.3 Å². The highest BCUT2D eigenvalue weighted by Gasteiger charge is 2.24. The van der Waals surface area contributed by atoms with Crippen molar-refractivity contribution in [1.82, 2.24) is 9.97 Å². The summed E-state index contributed by atoms with van der Waals surface area (Å²) >= 11 is 1.45. The van der Waals surface area contributed by atoms with E-state index < -0.39 is 0 Å². The first-order chi connectivity index (χ1) is 8.08. The highest BCUT2D eigenvalue weighted by atomic mass is 32.1. The number of thiazole rings is 1. The van der Waals surface area contributed by atoms with E-state index in [1.165, 1.54) is 11.3 Å².